The zero-order chi connectivity index (χ0) is 16.4. The maximum atomic E-state index is 12.2. The van der Waals surface area contributed by atoms with Gasteiger partial charge in [0.25, 0.3) is 0 Å². The summed E-state index contributed by atoms with van der Waals surface area (Å²) in [6, 6.07) is 3.35. The highest BCUT2D eigenvalue weighted by Gasteiger charge is 2.32. The molecule has 1 N–H and O–H groups in total. The van der Waals surface area contributed by atoms with Crippen molar-refractivity contribution in [2.75, 3.05) is 0 Å². The van der Waals surface area contributed by atoms with Gasteiger partial charge in [-0.05, 0) is 51.5 Å². The van der Waals surface area contributed by atoms with Crippen molar-refractivity contribution in [3.63, 3.8) is 0 Å². The van der Waals surface area contributed by atoms with E-state index in [-0.39, 0.29) is 5.02 Å². The van der Waals surface area contributed by atoms with Crippen LogP contribution in [-0.2, 0) is 11.4 Å². The molecule has 0 amide bonds. The highest BCUT2D eigenvalue weighted by Crippen LogP contribution is 2.30. The first kappa shape index (κ1) is 18.4. The Kier molecular flexibility index (Phi) is 5.83. The first-order valence-electron chi connectivity index (χ1n) is 6.13. The molecule has 0 aliphatic carbocycles. The molecule has 21 heavy (non-hydrogen) atoms. The first-order valence-corrected chi connectivity index (χ1v) is 7.65. The van der Waals surface area contributed by atoms with Crippen molar-refractivity contribution in [2.45, 2.75) is 44.8 Å². The van der Waals surface area contributed by atoms with Crippen LogP contribution >= 0.6 is 11.6 Å². The summed E-state index contributed by atoms with van der Waals surface area (Å²) in [4.78, 5) is 0. The van der Waals surface area contributed by atoms with Crippen molar-refractivity contribution in [3.8, 4) is 5.75 Å². The van der Waals surface area contributed by atoms with E-state index in [9.17, 15) is 17.7 Å². The molecule has 0 aliphatic heterocycles. The van der Waals surface area contributed by atoms with Crippen LogP contribution in [0.5, 0.6) is 5.75 Å². The van der Waals surface area contributed by atoms with Gasteiger partial charge in [-0.25, -0.2) is 0 Å². The molecule has 2 unspecified atom stereocenters. The number of halogens is 4. The van der Waals surface area contributed by atoms with Gasteiger partial charge in [0, 0.05) is 16.4 Å². The molecule has 0 heterocycles. The molecule has 0 aromatic heterocycles. The van der Waals surface area contributed by atoms with E-state index in [0.717, 1.165) is 6.07 Å². The van der Waals surface area contributed by atoms with Crippen molar-refractivity contribution in [2.24, 2.45) is 0 Å². The van der Waals surface area contributed by atoms with Crippen LogP contribution < -0.4 is 9.46 Å². The Labute approximate surface area is 130 Å². The number of hydrogen-bond acceptors (Lipinski definition) is 3. The second-order valence-electron chi connectivity index (χ2n) is 5.49. The van der Waals surface area contributed by atoms with Crippen molar-refractivity contribution in [1.29, 1.82) is 0 Å². The Morgan fingerprint density at radius 1 is 1.24 bits per heavy atom. The Morgan fingerprint density at radius 3 is 2.29 bits per heavy atom. The minimum atomic E-state index is -4.78. The quantitative estimate of drug-likeness (QED) is 0.826. The fourth-order valence-electron chi connectivity index (χ4n) is 1.43. The third-order valence-corrected chi connectivity index (χ3v) is 4.37. The largest absolute Gasteiger partial charge is 0.598 e. The predicted octanol–water partition coefficient (Wildman–Crippen LogP) is 4.35. The van der Waals surface area contributed by atoms with Crippen LogP contribution in [0.1, 0.15) is 39.3 Å². The van der Waals surface area contributed by atoms with E-state index >= 15 is 0 Å². The molecular weight excluding hydrogens is 327 g/mol. The minimum absolute atomic E-state index is 0.113. The second-order valence-corrected chi connectivity index (χ2v) is 7.92. The van der Waals surface area contributed by atoms with Gasteiger partial charge >= 0.3 is 6.36 Å². The third kappa shape index (κ3) is 6.34. The number of nitrogens with one attached hydrogen (secondary N) is 1. The van der Waals surface area contributed by atoms with Gasteiger partial charge in [0.05, 0.1) is 6.04 Å². The van der Waals surface area contributed by atoms with E-state index in [0.29, 0.717) is 5.56 Å². The van der Waals surface area contributed by atoms with E-state index in [1.807, 2.05) is 0 Å². The average Bonchev–Trinajstić information content (AvgIpc) is 2.24. The summed E-state index contributed by atoms with van der Waals surface area (Å²) in [5.74, 6) is -0.403. The SMILES string of the molecule is CC(N[S+]([O-])C(C)(C)C)c1cc(Cl)cc(OC(F)(F)F)c1. The highest BCUT2D eigenvalue weighted by atomic mass is 35.5. The van der Waals surface area contributed by atoms with Gasteiger partial charge in [0.15, 0.2) is 0 Å². The number of hydrogen-bond donors (Lipinski definition) is 1. The van der Waals surface area contributed by atoms with Gasteiger partial charge < -0.3 is 9.29 Å². The van der Waals surface area contributed by atoms with E-state index < -0.39 is 34.3 Å². The molecule has 1 aromatic rings. The molecular formula is C13H17ClF3NO2S. The highest BCUT2D eigenvalue weighted by molar-refractivity contribution is 7.90. The zero-order valence-electron chi connectivity index (χ0n) is 12.0. The molecule has 0 fully saturated rings. The van der Waals surface area contributed by atoms with E-state index in [1.54, 1.807) is 27.7 Å². The molecule has 2 atom stereocenters. The first-order chi connectivity index (χ1) is 9.38. The average molecular weight is 344 g/mol. The van der Waals surface area contributed by atoms with Gasteiger partial charge in [0.1, 0.15) is 10.5 Å². The molecule has 3 nitrogen and oxygen atoms in total. The summed E-state index contributed by atoms with van der Waals surface area (Å²) < 4.78 is 54.9. The Balaban J connectivity index is 2.92. The van der Waals surface area contributed by atoms with E-state index in [2.05, 4.69) is 9.46 Å². The van der Waals surface area contributed by atoms with Crippen molar-refractivity contribution < 1.29 is 22.5 Å². The molecule has 8 heteroatoms. The standard InChI is InChI=1S/C13H17ClF3NO2S/c1-8(18-21(19)12(2,3)4)9-5-10(14)7-11(6-9)20-13(15,16)17/h5-8,18H,1-4H3. The Morgan fingerprint density at radius 2 is 1.81 bits per heavy atom. The van der Waals surface area contributed by atoms with Crippen LogP contribution in [0.15, 0.2) is 18.2 Å². The number of ether oxygens (including phenoxy) is 1. The van der Waals surface area contributed by atoms with Crippen molar-refractivity contribution in [1.82, 2.24) is 4.72 Å². The van der Waals surface area contributed by atoms with Crippen LogP contribution in [-0.4, -0.2) is 15.7 Å². The lowest BCUT2D eigenvalue weighted by molar-refractivity contribution is -0.274. The topological polar surface area (TPSA) is 44.3 Å². The predicted molar refractivity (Wildman–Crippen MR) is 77.6 cm³/mol. The maximum absolute atomic E-state index is 12.2. The normalized spacial score (nSPS) is 15.7. The van der Waals surface area contributed by atoms with Gasteiger partial charge in [-0.2, -0.15) is 0 Å². The molecule has 0 spiro atoms. The number of benzene rings is 1. The van der Waals surface area contributed by atoms with Gasteiger partial charge in [-0.1, -0.05) is 11.6 Å². The van der Waals surface area contributed by atoms with Crippen LogP contribution in [0.2, 0.25) is 5.02 Å². The van der Waals surface area contributed by atoms with E-state index in [1.165, 1.54) is 12.1 Å². The molecule has 0 saturated carbocycles. The molecule has 1 rings (SSSR count). The van der Waals surface area contributed by atoms with Crippen molar-refractivity contribution in [3.05, 3.63) is 28.8 Å². The summed E-state index contributed by atoms with van der Waals surface area (Å²) in [5, 5.41) is 0.113. The van der Waals surface area contributed by atoms with Crippen LogP contribution in [0, 0.1) is 0 Å². The fourth-order valence-corrected chi connectivity index (χ4v) is 2.48. The Bertz CT molecular complexity index is 491. The summed E-state index contributed by atoms with van der Waals surface area (Å²) in [6.45, 7) is 7.06. The lowest BCUT2D eigenvalue weighted by Crippen LogP contribution is -2.40. The smallest absolute Gasteiger partial charge is 0.573 e. The molecule has 0 bridgehead atoms. The second kappa shape index (κ2) is 6.64. The van der Waals surface area contributed by atoms with Crippen molar-refractivity contribution >= 4 is 23.0 Å². The summed E-state index contributed by atoms with van der Waals surface area (Å²) in [6.07, 6.45) is -4.78. The molecule has 120 valence electrons. The minimum Gasteiger partial charge on any atom is -0.598 e. The van der Waals surface area contributed by atoms with Crippen LogP contribution in [0.4, 0.5) is 13.2 Å². The molecule has 1 aromatic carbocycles. The van der Waals surface area contributed by atoms with E-state index in [4.69, 9.17) is 11.6 Å². The van der Waals surface area contributed by atoms with Gasteiger partial charge in [-0.3, -0.25) is 0 Å². The summed E-state index contributed by atoms with van der Waals surface area (Å²) >= 11 is 4.44. The van der Waals surface area contributed by atoms with Gasteiger partial charge in [-0.15, -0.1) is 17.9 Å². The monoisotopic (exact) mass is 343 g/mol. The molecule has 0 radical (unpaired) electrons. The zero-order valence-corrected chi connectivity index (χ0v) is 13.6. The lowest BCUT2D eigenvalue weighted by Gasteiger charge is -2.26. The van der Waals surface area contributed by atoms with Crippen LogP contribution in [0.25, 0.3) is 0 Å². The van der Waals surface area contributed by atoms with Gasteiger partial charge in [0.2, 0.25) is 0 Å². The lowest BCUT2D eigenvalue weighted by atomic mass is 10.1. The number of rotatable bonds is 4. The summed E-state index contributed by atoms with van der Waals surface area (Å²) in [5.41, 5.74) is 0.458. The molecule has 0 aliphatic rings. The number of alkyl halides is 3. The Hall–Kier alpha value is -0.630. The maximum Gasteiger partial charge on any atom is 0.573 e. The third-order valence-electron chi connectivity index (χ3n) is 2.47. The fraction of sp³-hybridized carbons (Fsp3) is 0.538. The molecule has 0 saturated heterocycles. The van der Waals surface area contributed by atoms with Crippen LogP contribution in [0.3, 0.4) is 0 Å². The summed E-state index contributed by atoms with van der Waals surface area (Å²) in [7, 11) is 0.